The lowest BCUT2D eigenvalue weighted by Gasteiger charge is -2.08. The van der Waals surface area contributed by atoms with Crippen LogP contribution >= 0.6 is 15.9 Å². The van der Waals surface area contributed by atoms with E-state index < -0.39 is 0 Å². The first-order valence-corrected chi connectivity index (χ1v) is 5.68. The van der Waals surface area contributed by atoms with Gasteiger partial charge in [-0.05, 0) is 34.5 Å². The predicted molar refractivity (Wildman–Crippen MR) is 65.3 cm³/mol. The molecule has 0 aromatic heterocycles. The van der Waals surface area contributed by atoms with Gasteiger partial charge in [-0.15, -0.1) is 0 Å². The van der Waals surface area contributed by atoms with Crippen molar-refractivity contribution in [3.8, 4) is 5.75 Å². The molecule has 0 aliphatic carbocycles. The van der Waals surface area contributed by atoms with E-state index in [1.165, 1.54) is 7.11 Å². The molecule has 0 aliphatic heterocycles. The number of nitrogen functional groups attached to an aromatic ring is 1. The topological polar surface area (TPSA) is 61.5 Å². The quantitative estimate of drug-likeness (QED) is 0.513. The van der Waals surface area contributed by atoms with Gasteiger partial charge in [0.05, 0.1) is 18.2 Å². The zero-order valence-electron chi connectivity index (χ0n) is 9.03. The van der Waals surface area contributed by atoms with Gasteiger partial charge in [0.1, 0.15) is 5.75 Å². The van der Waals surface area contributed by atoms with Gasteiger partial charge in [-0.2, -0.15) is 0 Å². The molecule has 2 N–H and O–H groups in total. The highest BCUT2D eigenvalue weighted by Gasteiger charge is 2.04. The molecule has 0 saturated heterocycles. The third-order valence-corrected chi connectivity index (χ3v) is 2.85. The average molecular weight is 288 g/mol. The minimum absolute atomic E-state index is 0.227. The number of nitrogens with two attached hydrogens (primary N) is 1. The van der Waals surface area contributed by atoms with Crippen LogP contribution in [0.25, 0.3) is 0 Å². The predicted octanol–water partition coefficient (Wildman–Crippen LogP) is 2.36. The first kappa shape index (κ1) is 12.8. The maximum absolute atomic E-state index is 10.8. The molecule has 0 amide bonds. The first-order valence-electron chi connectivity index (χ1n) is 4.88. The Morgan fingerprint density at radius 3 is 2.94 bits per heavy atom. The fourth-order valence-corrected chi connectivity index (χ4v) is 1.52. The number of hydrogen-bond donors (Lipinski definition) is 1. The van der Waals surface area contributed by atoms with E-state index in [0.29, 0.717) is 30.9 Å². The molecule has 16 heavy (non-hydrogen) atoms. The minimum atomic E-state index is -0.227. The Labute approximate surface area is 103 Å². The first-order chi connectivity index (χ1) is 7.65. The van der Waals surface area contributed by atoms with Gasteiger partial charge in [-0.3, -0.25) is 4.79 Å². The Balaban J connectivity index is 2.38. The van der Waals surface area contributed by atoms with Crippen molar-refractivity contribution in [1.82, 2.24) is 0 Å². The fourth-order valence-electron chi connectivity index (χ4n) is 1.14. The van der Waals surface area contributed by atoms with Gasteiger partial charge in [0, 0.05) is 12.1 Å². The normalized spacial score (nSPS) is 9.88. The largest absolute Gasteiger partial charge is 0.492 e. The van der Waals surface area contributed by atoms with Gasteiger partial charge in [-0.1, -0.05) is 6.07 Å². The lowest BCUT2D eigenvalue weighted by atomic mass is 10.3. The van der Waals surface area contributed by atoms with Crippen LogP contribution in [0.15, 0.2) is 22.7 Å². The van der Waals surface area contributed by atoms with Gasteiger partial charge in [0.2, 0.25) is 0 Å². The van der Waals surface area contributed by atoms with Crippen LogP contribution in [0.5, 0.6) is 5.75 Å². The highest BCUT2D eigenvalue weighted by molar-refractivity contribution is 9.10. The van der Waals surface area contributed by atoms with Gasteiger partial charge in [-0.25, -0.2) is 0 Å². The summed E-state index contributed by atoms with van der Waals surface area (Å²) in [7, 11) is 1.37. The van der Waals surface area contributed by atoms with Crippen molar-refractivity contribution < 1.29 is 14.3 Å². The van der Waals surface area contributed by atoms with Crippen molar-refractivity contribution in [3.05, 3.63) is 22.7 Å². The molecule has 0 radical (unpaired) electrons. The lowest BCUT2D eigenvalue weighted by molar-refractivity contribution is -0.140. The molecule has 1 aromatic carbocycles. The SMILES string of the molecule is COC(=O)CCCOc1cccc(N)c1Br. The number of benzene rings is 1. The van der Waals surface area contributed by atoms with E-state index in [2.05, 4.69) is 20.7 Å². The van der Waals surface area contributed by atoms with Crippen LogP contribution in [0.2, 0.25) is 0 Å². The monoisotopic (exact) mass is 287 g/mol. The van der Waals surface area contributed by atoms with Crippen LogP contribution in [-0.2, 0) is 9.53 Å². The Kier molecular flexibility index (Phi) is 5.11. The lowest BCUT2D eigenvalue weighted by Crippen LogP contribution is -2.05. The smallest absolute Gasteiger partial charge is 0.305 e. The van der Waals surface area contributed by atoms with Crippen molar-refractivity contribution in [2.75, 3.05) is 19.5 Å². The molecule has 0 atom stereocenters. The number of halogens is 1. The molecule has 0 aliphatic rings. The van der Waals surface area contributed by atoms with Crippen molar-refractivity contribution >= 4 is 27.6 Å². The number of anilines is 1. The van der Waals surface area contributed by atoms with E-state index in [-0.39, 0.29) is 5.97 Å². The standard InChI is InChI=1S/C11H14BrNO3/c1-15-10(14)6-3-7-16-9-5-2-4-8(13)11(9)12/h2,4-5H,3,6-7,13H2,1H3. The summed E-state index contributed by atoms with van der Waals surface area (Å²) in [5, 5.41) is 0. The average Bonchev–Trinajstić information content (AvgIpc) is 2.29. The van der Waals surface area contributed by atoms with Gasteiger partial charge in [0.15, 0.2) is 0 Å². The summed E-state index contributed by atoms with van der Waals surface area (Å²) in [5.74, 6) is 0.458. The zero-order valence-corrected chi connectivity index (χ0v) is 10.6. The molecule has 0 heterocycles. The number of esters is 1. The summed E-state index contributed by atoms with van der Waals surface area (Å²) < 4.78 is 10.7. The molecule has 0 fully saturated rings. The van der Waals surface area contributed by atoms with E-state index in [1.54, 1.807) is 6.07 Å². The molecule has 0 saturated carbocycles. The molecule has 0 bridgehead atoms. The van der Waals surface area contributed by atoms with Gasteiger partial charge < -0.3 is 15.2 Å². The Morgan fingerprint density at radius 2 is 2.25 bits per heavy atom. The van der Waals surface area contributed by atoms with E-state index in [1.807, 2.05) is 12.1 Å². The van der Waals surface area contributed by atoms with Crippen LogP contribution in [-0.4, -0.2) is 19.7 Å². The maximum atomic E-state index is 10.8. The van der Waals surface area contributed by atoms with Gasteiger partial charge >= 0.3 is 5.97 Å². The molecule has 1 aromatic rings. The molecule has 88 valence electrons. The fraction of sp³-hybridized carbons (Fsp3) is 0.364. The third kappa shape index (κ3) is 3.73. The molecule has 1 rings (SSSR count). The van der Waals surface area contributed by atoms with Crippen LogP contribution in [0.3, 0.4) is 0 Å². The van der Waals surface area contributed by atoms with E-state index in [0.717, 1.165) is 4.47 Å². The summed E-state index contributed by atoms with van der Waals surface area (Å²) in [6.07, 6.45) is 0.977. The number of hydrogen-bond acceptors (Lipinski definition) is 4. The summed E-state index contributed by atoms with van der Waals surface area (Å²) >= 11 is 3.33. The van der Waals surface area contributed by atoms with Crippen molar-refractivity contribution in [3.63, 3.8) is 0 Å². The summed E-state index contributed by atoms with van der Waals surface area (Å²) in [4.78, 5) is 10.8. The Bertz CT molecular complexity index is 368. The van der Waals surface area contributed by atoms with Crippen molar-refractivity contribution in [2.24, 2.45) is 0 Å². The number of carbonyl (C=O) groups excluding carboxylic acids is 1. The summed E-state index contributed by atoms with van der Waals surface area (Å²) in [6, 6.07) is 5.42. The molecule has 5 heteroatoms. The maximum Gasteiger partial charge on any atom is 0.305 e. The molecule has 4 nitrogen and oxygen atoms in total. The van der Waals surface area contributed by atoms with Crippen LogP contribution < -0.4 is 10.5 Å². The van der Waals surface area contributed by atoms with Gasteiger partial charge in [0.25, 0.3) is 0 Å². The van der Waals surface area contributed by atoms with Crippen LogP contribution in [0.1, 0.15) is 12.8 Å². The third-order valence-electron chi connectivity index (χ3n) is 2.00. The second-order valence-corrected chi connectivity index (χ2v) is 3.98. The molecule has 0 spiro atoms. The van der Waals surface area contributed by atoms with Crippen LogP contribution in [0, 0.1) is 0 Å². The minimum Gasteiger partial charge on any atom is -0.492 e. The molecule has 0 unspecified atom stereocenters. The van der Waals surface area contributed by atoms with Crippen molar-refractivity contribution in [2.45, 2.75) is 12.8 Å². The second-order valence-electron chi connectivity index (χ2n) is 3.19. The number of carbonyl (C=O) groups is 1. The second kappa shape index (κ2) is 6.37. The zero-order chi connectivity index (χ0) is 12.0. The molecular weight excluding hydrogens is 274 g/mol. The summed E-state index contributed by atoms with van der Waals surface area (Å²) in [6.45, 7) is 0.456. The van der Waals surface area contributed by atoms with Crippen LogP contribution in [0.4, 0.5) is 5.69 Å². The Hall–Kier alpha value is -1.23. The van der Waals surface area contributed by atoms with E-state index >= 15 is 0 Å². The highest BCUT2D eigenvalue weighted by atomic mass is 79.9. The summed E-state index contributed by atoms with van der Waals surface area (Å²) in [5.41, 5.74) is 6.32. The van der Waals surface area contributed by atoms with Crippen molar-refractivity contribution in [1.29, 1.82) is 0 Å². The number of ether oxygens (including phenoxy) is 2. The van der Waals surface area contributed by atoms with E-state index in [4.69, 9.17) is 10.5 Å². The Morgan fingerprint density at radius 1 is 1.50 bits per heavy atom. The number of rotatable bonds is 5. The number of methoxy groups -OCH3 is 1. The van der Waals surface area contributed by atoms with E-state index in [9.17, 15) is 4.79 Å². The highest BCUT2D eigenvalue weighted by Crippen LogP contribution is 2.30. The molecular formula is C11H14BrNO3.